The fourth-order valence-corrected chi connectivity index (χ4v) is 2.73. The SMILES string of the molecule is O=C(O)c1cnn(-c2nc3cc(-c4ccc(Cl)cc4)ccc3c(=O)[nH]2)c1. The number of hydrogen-bond acceptors (Lipinski definition) is 4. The van der Waals surface area contributed by atoms with Crippen LogP contribution >= 0.6 is 11.6 Å². The van der Waals surface area contributed by atoms with Crippen LogP contribution in [0.1, 0.15) is 10.4 Å². The number of carboxylic acids is 1. The molecule has 2 heterocycles. The van der Waals surface area contributed by atoms with Crippen LogP contribution < -0.4 is 5.56 Å². The molecular formula is C18H11ClN4O3. The summed E-state index contributed by atoms with van der Waals surface area (Å²) in [6, 6.07) is 12.6. The van der Waals surface area contributed by atoms with E-state index >= 15 is 0 Å². The highest BCUT2D eigenvalue weighted by molar-refractivity contribution is 6.30. The largest absolute Gasteiger partial charge is 0.478 e. The Hall–Kier alpha value is -3.45. The number of carbonyl (C=O) groups is 1. The lowest BCUT2D eigenvalue weighted by Crippen LogP contribution is -2.13. The van der Waals surface area contributed by atoms with Crippen molar-refractivity contribution in [2.75, 3.05) is 0 Å². The molecule has 0 saturated carbocycles. The van der Waals surface area contributed by atoms with Crippen molar-refractivity contribution < 1.29 is 9.90 Å². The summed E-state index contributed by atoms with van der Waals surface area (Å²) in [5.41, 5.74) is 1.96. The average Bonchev–Trinajstić information content (AvgIpc) is 3.12. The minimum Gasteiger partial charge on any atom is -0.478 e. The second-order valence-corrected chi connectivity index (χ2v) is 6.04. The number of H-pyrrole nitrogens is 1. The van der Waals surface area contributed by atoms with Gasteiger partial charge in [0.05, 0.1) is 22.7 Å². The second-order valence-electron chi connectivity index (χ2n) is 5.61. The number of nitrogens with zero attached hydrogens (tertiary/aromatic N) is 3. The number of aromatic amines is 1. The summed E-state index contributed by atoms with van der Waals surface area (Å²) in [7, 11) is 0. The summed E-state index contributed by atoms with van der Waals surface area (Å²) in [4.78, 5) is 30.3. The summed E-state index contributed by atoms with van der Waals surface area (Å²) in [5.74, 6) is -0.965. The first-order chi connectivity index (χ1) is 12.5. The molecule has 8 heteroatoms. The Balaban J connectivity index is 1.85. The van der Waals surface area contributed by atoms with Crippen molar-refractivity contribution >= 4 is 28.5 Å². The van der Waals surface area contributed by atoms with Gasteiger partial charge in [0.1, 0.15) is 0 Å². The highest BCUT2D eigenvalue weighted by atomic mass is 35.5. The number of hydrogen-bond donors (Lipinski definition) is 2. The number of carboxylic acid groups (broad SMARTS) is 1. The van der Waals surface area contributed by atoms with Crippen molar-refractivity contribution in [2.45, 2.75) is 0 Å². The molecule has 0 spiro atoms. The minimum atomic E-state index is -1.11. The smallest absolute Gasteiger partial charge is 0.338 e. The van der Waals surface area contributed by atoms with Gasteiger partial charge >= 0.3 is 5.97 Å². The lowest BCUT2D eigenvalue weighted by atomic mass is 10.0. The molecule has 0 unspecified atom stereocenters. The summed E-state index contributed by atoms with van der Waals surface area (Å²) < 4.78 is 1.22. The number of halogens is 1. The highest BCUT2D eigenvalue weighted by Crippen LogP contribution is 2.24. The molecule has 4 aromatic rings. The van der Waals surface area contributed by atoms with Gasteiger partial charge in [-0.15, -0.1) is 0 Å². The first-order valence-corrected chi connectivity index (χ1v) is 7.97. The summed E-state index contributed by atoms with van der Waals surface area (Å²) >= 11 is 5.92. The molecule has 0 aliphatic rings. The van der Waals surface area contributed by atoms with Crippen molar-refractivity contribution in [3.63, 3.8) is 0 Å². The number of benzene rings is 2. The molecule has 128 valence electrons. The predicted molar refractivity (Wildman–Crippen MR) is 96.9 cm³/mol. The molecule has 4 rings (SSSR count). The van der Waals surface area contributed by atoms with E-state index in [0.29, 0.717) is 15.9 Å². The molecule has 0 aliphatic carbocycles. The van der Waals surface area contributed by atoms with Gasteiger partial charge in [-0.1, -0.05) is 29.8 Å². The van der Waals surface area contributed by atoms with E-state index in [0.717, 1.165) is 11.1 Å². The predicted octanol–water partition coefficient (Wildman–Crippen LogP) is 3.13. The lowest BCUT2D eigenvalue weighted by molar-refractivity contribution is 0.0697. The number of fused-ring (bicyclic) bond motifs is 1. The molecule has 2 N–H and O–H groups in total. The van der Waals surface area contributed by atoms with E-state index in [4.69, 9.17) is 16.7 Å². The van der Waals surface area contributed by atoms with E-state index in [1.54, 1.807) is 24.3 Å². The Bertz CT molecular complexity index is 1200. The van der Waals surface area contributed by atoms with Crippen LogP contribution in [0.3, 0.4) is 0 Å². The topological polar surface area (TPSA) is 101 Å². The molecule has 0 fully saturated rings. The van der Waals surface area contributed by atoms with Gasteiger partial charge < -0.3 is 5.11 Å². The maximum Gasteiger partial charge on any atom is 0.338 e. The van der Waals surface area contributed by atoms with Gasteiger partial charge in [0.15, 0.2) is 0 Å². The van der Waals surface area contributed by atoms with Crippen molar-refractivity contribution in [1.29, 1.82) is 0 Å². The van der Waals surface area contributed by atoms with Crippen LogP contribution in [0.2, 0.25) is 5.02 Å². The number of rotatable bonds is 3. The average molecular weight is 367 g/mol. The molecule has 0 saturated heterocycles. The van der Waals surface area contributed by atoms with E-state index in [2.05, 4.69) is 15.1 Å². The summed E-state index contributed by atoms with van der Waals surface area (Å²) in [6.45, 7) is 0. The van der Waals surface area contributed by atoms with E-state index in [-0.39, 0.29) is 17.1 Å². The van der Waals surface area contributed by atoms with Gasteiger partial charge in [-0.05, 0) is 35.4 Å². The number of nitrogens with one attached hydrogen (secondary N) is 1. The molecule has 26 heavy (non-hydrogen) atoms. The van der Waals surface area contributed by atoms with Gasteiger partial charge in [0, 0.05) is 11.2 Å². The standard InChI is InChI=1S/C18H11ClN4O3/c19-13-4-1-10(2-5-13)11-3-6-14-15(7-11)21-18(22-16(14)24)23-9-12(8-20-23)17(25)26/h1-9H,(H,25,26)(H,21,22,24). The van der Waals surface area contributed by atoms with Crippen molar-refractivity contribution in [3.8, 4) is 17.1 Å². The van der Waals surface area contributed by atoms with E-state index in [1.165, 1.54) is 17.1 Å². The number of aromatic nitrogens is 4. The summed E-state index contributed by atoms with van der Waals surface area (Å²) in [6.07, 6.45) is 2.48. The Morgan fingerprint density at radius 3 is 2.54 bits per heavy atom. The normalized spacial score (nSPS) is 11.0. The van der Waals surface area contributed by atoms with E-state index < -0.39 is 5.97 Å². The second kappa shape index (κ2) is 6.12. The molecule has 0 amide bonds. The zero-order valence-electron chi connectivity index (χ0n) is 13.2. The van der Waals surface area contributed by atoms with E-state index in [1.807, 2.05) is 18.2 Å². The van der Waals surface area contributed by atoms with Crippen LogP contribution in [0.4, 0.5) is 0 Å². The zero-order valence-corrected chi connectivity index (χ0v) is 13.9. The first kappa shape index (κ1) is 16.0. The van der Waals surface area contributed by atoms with Crippen LogP contribution in [-0.4, -0.2) is 30.8 Å². The van der Waals surface area contributed by atoms with E-state index in [9.17, 15) is 9.59 Å². The van der Waals surface area contributed by atoms with Crippen LogP contribution in [0.25, 0.3) is 28.0 Å². The van der Waals surface area contributed by atoms with Crippen LogP contribution in [0.5, 0.6) is 0 Å². The van der Waals surface area contributed by atoms with Crippen molar-refractivity contribution in [1.82, 2.24) is 19.7 Å². The monoisotopic (exact) mass is 366 g/mol. The highest BCUT2D eigenvalue weighted by Gasteiger charge is 2.11. The van der Waals surface area contributed by atoms with Gasteiger partial charge in [-0.25, -0.2) is 14.5 Å². The Morgan fingerprint density at radius 1 is 1.12 bits per heavy atom. The molecule has 2 aromatic carbocycles. The first-order valence-electron chi connectivity index (χ1n) is 7.59. The van der Waals surface area contributed by atoms with Crippen LogP contribution in [0, 0.1) is 0 Å². The lowest BCUT2D eigenvalue weighted by Gasteiger charge is -2.06. The molecule has 0 aliphatic heterocycles. The molecule has 2 aromatic heterocycles. The zero-order chi connectivity index (χ0) is 18.3. The van der Waals surface area contributed by atoms with Crippen molar-refractivity contribution in [2.24, 2.45) is 0 Å². The van der Waals surface area contributed by atoms with Gasteiger partial charge in [0.25, 0.3) is 5.56 Å². The fourth-order valence-electron chi connectivity index (χ4n) is 2.61. The quantitative estimate of drug-likeness (QED) is 0.580. The molecular weight excluding hydrogens is 356 g/mol. The maximum absolute atomic E-state index is 12.3. The van der Waals surface area contributed by atoms with Crippen LogP contribution in [0.15, 0.2) is 59.7 Å². The Labute approximate surface area is 151 Å². The van der Waals surface area contributed by atoms with Gasteiger partial charge in [-0.2, -0.15) is 5.10 Å². The van der Waals surface area contributed by atoms with Crippen molar-refractivity contribution in [3.05, 3.63) is 75.8 Å². The Morgan fingerprint density at radius 2 is 1.85 bits per heavy atom. The van der Waals surface area contributed by atoms with Crippen LogP contribution in [-0.2, 0) is 0 Å². The third-order valence-corrected chi connectivity index (χ3v) is 4.17. The molecule has 7 nitrogen and oxygen atoms in total. The minimum absolute atomic E-state index is 0.00246. The molecule has 0 radical (unpaired) electrons. The summed E-state index contributed by atoms with van der Waals surface area (Å²) in [5, 5.41) is 14.0. The third-order valence-electron chi connectivity index (χ3n) is 3.92. The third kappa shape index (κ3) is 2.84. The van der Waals surface area contributed by atoms with Gasteiger partial charge in [0.2, 0.25) is 5.95 Å². The fraction of sp³-hybridized carbons (Fsp3) is 0. The number of aromatic carboxylic acids is 1. The maximum atomic E-state index is 12.3. The Kier molecular flexibility index (Phi) is 3.78. The molecule has 0 atom stereocenters. The molecule has 0 bridgehead atoms. The van der Waals surface area contributed by atoms with Gasteiger partial charge in [-0.3, -0.25) is 9.78 Å².